The van der Waals surface area contributed by atoms with Gasteiger partial charge in [-0.15, -0.1) is 0 Å². The normalized spacial score (nSPS) is 25.6. The molecular weight excluding hydrogens is 254 g/mol. The molecule has 0 radical (unpaired) electrons. The predicted octanol–water partition coefficient (Wildman–Crippen LogP) is 1.78. The molecule has 5 nitrogen and oxygen atoms in total. The monoisotopic (exact) mass is 285 g/mol. The number of nitrogens with zero attached hydrogens (tertiary/aromatic N) is 1. The molecule has 0 aromatic rings. The molecule has 0 amide bonds. The van der Waals surface area contributed by atoms with Crippen molar-refractivity contribution in [3.63, 3.8) is 0 Å². The first-order valence-corrected chi connectivity index (χ1v) is 7.42. The Morgan fingerprint density at radius 3 is 2.55 bits per heavy atom. The molecule has 5 heteroatoms. The molecule has 0 saturated carbocycles. The van der Waals surface area contributed by atoms with Gasteiger partial charge >= 0.3 is 0 Å². The highest BCUT2D eigenvalue weighted by Crippen LogP contribution is 2.24. The Hall–Kier alpha value is -0.810. The summed E-state index contributed by atoms with van der Waals surface area (Å²) in [6, 6.07) is 0. The van der Waals surface area contributed by atoms with Gasteiger partial charge in [0.05, 0.1) is 11.7 Å². The van der Waals surface area contributed by atoms with Crippen molar-refractivity contribution in [2.75, 3.05) is 33.9 Å². The first-order chi connectivity index (χ1) is 9.30. The summed E-state index contributed by atoms with van der Waals surface area (Å²) in [5.74, 6) is 0.799. The lowest BCUT2D eigenvalue weighted by molar-refractivity contribution is 0.0191. The Kier molecular flexibility index (Phi) is 6.27. The maximum atomic E-state index is 5.77. The van der Waals surface area contributed by atoms with Crippen LogP contribution in [0.15, 0.2) is 4.99 Å². The molecular formula is C15H31N3O2. The molecule has 20 heavy (non-hydrogen) atoms. The number of rotatable bonds is 5. The number of hydrogen-bond donors (Lipinski definition) is 2. The van der Waals surface area contributed by atoms with E-state index in [9.17, 15) is 0 Å². The van der Waals surface area contributed by atoms with E-state index < -0.39 is 0 Å². The van der Waals surface area contributed by atoms with Gasteiger partial charge in [-0.1, -0.05) is 20.8 Å². The fraction of sp³-hybridized carbons (Fsp3) is 0.933. The molecule has 1 fully saturated rings. The van der Waals surface area contributed by atoms with Gasteiger partial charge in [-0.3, -0.25) is 4.99 Å². The topological polar surface area (TPSA) is 54.9 Å². The minimum absolute atomic E-state index is 0.0672. The van der Waals surface area contributed by atoms with Crippen molar-refractivity contribution in [1.82, 2.24) is 10.6 Å². The van der Waals surface area contributed by atoms with Gasteiger partial charge < -0.3 is 20.1 Å². The van der Waals surface area contributed by atoms with Gasteiger partial charge in [-0.05, 0) is 25.2 Å². The molecule has 2 N–H and O–H groups in total. The first kappa shape index (κ1) is 17.2. The van der Waals surface area contributed by atoms with Crippen molar-refractivity contribution in [1.29, 1.82) is 0 Å². The molecule has 1 aliphatic rings. The molecule has 118 valence electrons. The van der Waals surface area contributed by atoms with Crippen LogP contribution < -0.4 is 10.6 Å². The number of ether oxygens (including phenoxy) is 2. The molecule has 1 aliphatic heterocycles. The smallest absolute Gasteiger partial charge is 0.191 e. The van der Waals surface area contributed by atoms with Crippen LogP contribution in [0.4, 0.5) is 0 Å². The number of guanidine groups is 1. The van der Waals surface area contributed by atoms with Crippen LogP contribution in [0.1, 0.15) is 40.5 Å². The highest BCUT2D eigenvalue weighted by molar-refractivity contribution is 5.79. The fourth-order valence-corrected chi connectivity index (χ4v) is 2.40. The molecule has 2 atom stereocenters. The number of aliphatic imine (C=N–C) groups is 1. The first-order valence-electron chi connectivity index (χ1n) is 7.42. The van der Waals surface area contributed by atoms with E-state index in [1.54, 1.807) is 14.2 Å². The van der Waals surface area contributed by atoms with Gasteiger partial charge in [-0.2, -0.15) is 0 Å². The molecule has 0 aromatic heterocycles. The zero-order chi connectivity index (χ0) is 15.2. The second-order valence-corrected chi connectivity index (χ2v) is 6.80. The van der Waals surface area contributed by atoms with Crippen LogP contribution in [-0.2, 0) is 9.47 Å². The van der Waals surface area contributed by atoms with Crippen LogP contribution in [0.25, 0.3) is 0 Å². The third kappa shape index (κ3) is 5.29. The molecule has 0 spiro atoms. The van der Waals surface area contributed by atoms with Crippen molar-refractivity contribution in [2.24, 2.45) is 10.4 Å². The van der Waals surface area contributed by atoms with Crippen LogP contribution in [0.2, 0.25) is 0 Å². The Bertz CT molecular complexity index is 318. The summed E-state index contributed by atoms with van der Waals surface area (Å²) >= 11 is 0. The molecule has 0 bridgehead atoms. The fourth-order valence-electron chi connectivity index (χ4n) is 2.40. The van der Waals surface area contributed by atoms with E-state index in [1.807, 2.05) is 0 Å². The molecule has 0 aromatic carbocycles. The van der Waals surface area contributed by atoms with Gasteiger partial charge in [-0.25, -0.2) is 0 Å². The van der Waals surface area contributed by atoms with Crippen molar-refractivity contribution < 1.29 is 9.47 Å². The molecule has 0 aliphatic carbocycles. The quantitative estimate of drug-likeness (QED) is 0.597. The van der Waals surface area contributed by atoms with Crippen LogP contribution >= 0.6 is 0 Å². The molecule has 1 saturated heterocycles. The van der Waals surface area contributed by atoms with E-state index in [2.05, 4.69) is 43.3 Å². The van der Waals surface area contributed by atoms with E-state index in [0.717, 1.165) is 38.5 Å². The van der Waals surface area contributed by atoms with Gasteiger partial charge in [0.1, 0.15) is 0 Å². The van der Waals surface area contributed by atoms with E-state index in [1.165, 1.54) is 0 Å². The van der Waals surface area contributed by atoms with Crippen molar-refractivity contribution in [3.05, 3.63) is 0 Å². The highest BCUT2D eigenvalue weighted by Gasteiger charge is 2.30. The van der Waals surface area contributed by atoms with E-state index in [-0.39, 0.29) is 17.1 Å². The Morgan fingerprint density at radius 1 is 1.40 bits per heavy atom. The van der Waals surface area contributed by atoms with Crippen LogP contribution in [0.5, 0.6) is 0 Å². The third-order valence-corrected chi connectivity index (χ3v) is 3.86. The average Bonchev–Trinajstić information content (AvgIpc) is 2.79. The second-order valence-electron chi connectivity index (χ2n) is 6.80. The van der Waals surface area contributed by atoms with E-state index in [4.69, 9.17) is 9.47 Å². The Labute approximate surface area is 123 Å². The largest absolute Gasteiger partial charge is 0.379 e. The van der Waals surface area contributed by atoms with Crippen molar-refractivity contribution >= 4 is 5.96 Å². The summed E-state index contributed by atoms with van der Waals surface area (Å²) in [5.41, 5.74) is 0.0312. The predicted molar refractivity (Wildman–Crippen MR) is 83.2 cm³/mol. The zero-order valence-corrected chi connectivity index (χ0v) is 13.9. The summed E-state index contributed by atoms with van der Waals surface area (Å²) in [4.78, 5) is 4.25. The summed E-state index contributed by atoms with van der Waals surface area (Å²) in [6.45, 7) is 11.0. The molecule has 1 heterocycles. The Morgan fingerprint density at radius 2 is 2.10 bits per heavy atom. The van der Waals surface area contributed by atoms with Crippen LogP contribution in [0, 0.1) is 5.41 Å². The van der Waals surface area contributed by atoms with Crippen LogP contribution in [-0.4, -0.2) is 51.5 Å². The summed E-state index contributed by atoms with van der Waals surface area (Å²) in [6.07, 6.45) is 2.37. The van der Waals surface area contributed by atoms with E-state index >= 15 is 0 Å². The van der Waals surface area contributed by atoms with E-state index in [0.29, 0.717) is 0 Å². The van der Waals surface area contributed by atoms with Crippen LogP contribution in [0.3, 0.4) is 0 Å². The number of nitrogens with one attached hydrogen (secondary N) is 2. The maximum absolute atomic E-state index is 5.77. The van der Waals surface area contributed by atoms with Crippen molar-refractivity contribution in [3.8, 4) is 0 Å². The minimum atomic E-state index is -0.0672. The second kappa shape index (κ2) is 7.27. The lowest BCUT2D eigenvalue weighted by Gasteiger charge is -2.30. The molecule has 1 rings (SSSR count). The number of hydrogen-bond acceptors (Lipinski definition) is 3. The lowest BCUT2D eigenvalue weighted by atomic mass is 9.89. The minimum Gasteiger partial charge on any atom is -0.379 e. The Balaban J connectivity index is 2.40. The summed E-state index contributed by atoms with van der Waals surface area (Å²) < 4.78 is 11.3. The van der Waals surface area contributed by atoms with Gasteiger partial charge in [0.25, 0.3) is 0 Å². The van der Waals surface area contributed by atoms with Gasteiger partial charge in [0.15, 0.2) is 5.96 Å². The maximum Gasteiger partial charge on any atom is 0.191 e. The summed E-state index contributed by atoms with van der Waals surface area (Å²) in [5, 5.41) is 6.67. The van der Waals surface area contributed by atoms with Gasteiger partial charge in [0.2, 0.25) is 0 Å². The average molecular weight is 285 g/mol. The highest BCUT2D eigenvalue weighted by atomic mass is 16.5. The summed E-state index contributed by atoms with van der Waals surface area (Å²) in [7, 11) is 3.53. The third-order valence-electron chi connectivity index (χ3n) is 3.86. The zero-order valence-electron chi connectivity index (χ0n) is 13.9. The van der Waals surface area contributed by atoms with Crippen molar-refractivity contribution in [2.45, 2.75) is 52.2 Å². The number of methoxy groups -OCH3 is 1. The van der Waals surface area contributed by atoms with Gasteiger partial charge in [0, 0.05) is 33.9 Å². The lowest BCUT2D eigenvalue weighted by Crippen LogP contribution is -2.49. The standard InChI is InChI=1S/C15H31N3O2/c1-14(2,3)12(19-6)10-17-13(16-5)18-11-15(4)8-7-9-20-15/h12H,7-11H2,1-6H3,(H2,16,17,18). The molecule has 2 unspecified atom stereocenters. The SMILES string of the molecule is CN=C(NCC(OC)C(C)(C)C)NCC1(C)CCCO1.